The van der Waals surface area contributed by atoms with Gasteiger partial charge in [-0.05, 0) is 34.7 Å². The van der Waals surface area contributed by atoms with E-state index in [4.69, 9.17) is 16.3 Å². The van der Waals surface area contributed by atoms with Gasteiger partial charge in [0.15, 0.2) is 0 Å². The number of nitro groups is 1. The van der Waals surface area contributed by atoms with Crippen LogP contribution < -0.4 is 4.74 Å². The molecule has 3 aromatic rings. The molecule has 0 unspecified atom stereocenters. The van der Waals surface area contributed by atoms with Crippen LogP contribution in [0.5, 0.6) is 11.5 Å². The third-order valence-corrected chi connectivity index (χ3v) is 3.00. The second kappa shape index (κ2) is 5.78. The lowest BCUT2D eigenvalue weighted by Gasteiger charge is -2.07. The molecule has 1 aromatic heterocycles. The Balaban J connectivity index is 1.99. The highest BCUT2D eigenvalue weighted by atomic mass is 35.5. The number of rotatable bonds is 4. The Morgan fingerprint density at radius 2 is 1.91 bits per heavy atom. The predicted molar refractivity (Wildman–Crippen MR) is 77.3 cm³/mol. The molecule has 0 amide bonds. The first-order chi connectivity index (χ1) is 10.6. The van der Waals surface area contributed by atoms with Gasteiger partial charge in [0.05, 0.1) is 16.7 Å². The molecule has 0 radical (unpaired) electrons. The van der Waals surface area contributed by atoms with E-state index in [2.05, 4.69) is 15.5 Å². The van der Waals surface area contributed by atoms with E-state index in [1.807, 2.05) is 0 Å². The van der Waals surface area contributed by atoms with Crippen molar-refractivity contribution in [2.45, 2.75) is 0 Å². The normalized spacial score (nSPS) is 10.4. The zero-order chi connectivity index (χ0) is 15.5. The predicted octanol–water partition coefficient (Wildman–Crippen LogP) is 3.02. The summed E-state index contributed by atoms with van der Waals surface area (Å²) >= 11 is 5.80. The van der Waals surface area contributed by atoms with E-state index in [1.54, 1.807) is 30.3 Å². The molecule has 0 bridgehead atoms. The van der Waals surface area contributed by atoms with Gasteiger partial charge in [-0.2, -0.15) is 0 Å². The maximum absolute atomic E-state index is 11.0. The minimum absolute atomic E-state index is 0.128. The molecule has 0 saturated carbocycles. The first-order valence-electron chi connectivity index (χ1n) is 6.08. The van der Waals surface area contributed by atoms with E-state index in [9.17, 15) is 10.1 Å². The number of non-ortho nitro benzene ring substituents is 1. The molecule has 0 fully saturated rings. The van der Waals surface area contributed by atoms with Gasteiger partial charge in [0.2, 0.25) is 0 Å². The van der Waals surface area contributed by atoms with Crippen LogP contribution in [0, 0.1) is 10.1 Å². The van der Waals surface area contributed by atoms with Gasteiger partial charge in [0.1, 0.15) is 17.8 Å². The number of tetrazole rings is 1. The summed E-state index contributed by atoms with van der Waals surface area (Å²) in [5.41, 5.74) is 0.292. The third-order valence-electron chi connectivity index (χ3n) is 2.75. The van der Waals surface area contributed by atoms with Crippen LogP contribution in [0.1, 0.15) is 0 Å². The number of nitrogens with zero attached hydrogens (tertiary/aromatic N) is 5. The molecular formula is C13H8ClN5O3. The quantitative estimate of drug-likeness (QED) is 0.542. The highest BCUT2D eigenvalue weighted by Gasteiger charge is 2.13. The van der Waals surface area contributed by atoms with Crippen LogP contribution in [0.25, 0.3) is 5.69 Å². The highest BCUT2D eigenvalue weighted by Crippen LogP contribution is 2.29. The van der Waals surface area contributed by atoms with Gasteiger partial charge in [0.25, 0.3) is 5.69 Å². The Hall–Kier alpha value is -3.00. The first kappa shape index (κ1) is 14.0. The first-order valence-corrected chi connectivity index (χ1v) is 6.46. The third kappa shape index (κ3) is 3.01. The zero-order valence-corrected chi connectivity index (χ0v) is 11.7. The molecule has 0 saturated heterocycles. The fraction of sp³-hybridized carbons (Fsp3) is 0. The summed E-state index contributed by atoms with van der Waals surface area (Å²) in [6.45, 7) is 0. The number of benzene rings is 2. The molecule has 0 aliphatic rings. The van der Waals surface area contributed by atoms with Crippen LogP contribution in [0.2, 0.25) is 5.02 Å². The van der Waals surface area contributed by atoms with Crippen molar-refractivity contribution >= 4 is 17.3 Å². The summed E-state index contributed by atoms with van der Waals surface area (Å²) in [6, 6.07) is 10.9. The monoisotopic (exact) mass is 317 g/mol. The van der Waals surface area contributed by atoms with E-state index in [0.717, 1.165) is 0 Å². The molecule has 0 aliphatic heterocycles. The molecule has 2 aromatic carbocycles. The molecule has 0 aliphatic carbocycles. The van der Waals surface area contributed by atoms with Gasteiger partial charge in [0, 0.05) is 17.2 Å². The Morgan fingerprint density at radius 1 is 1.14 bits per heavy atom. The minimum Gasteiger partial charge on any atom is -0.457 e. The fourth-order valence-corrected chi connectivity index (χ4v) is 1.91. The average Bonchev–Trinajstić information content (AvgIpc) is 3.04. The topological polar surface area (TPSA) is 96.0 Å². The Labute approximate surface area is 129 Å². The molecule has 0 atom stereocenters. The molecule has 0 spiro atoms. The summed E-state index contributed by atoms with van der Waals surface area (Å²) in [5.74, 6) is 0.801. The van der Waals surface area contributed by atoms with E-state index < -0.39 is 4.92 Å². The second-order valence-corrected chi connectivity index (χ2v) is 4.69. The summed E-state index contributed by atoms with van der Waals surface area (Å²) < 4.78 is 6.93. The smallest absolute Gasteiger partial charge is 0.275 e. The van der Waals surface area contributed by atoms with Gasteiger partial charge in [-0.15, -0.1) is 5.10 Å². The van der Waals surface area contributed by atoms with Crippen molar-refractivity contribution in [3.05, 3.63) is 63.9 Å². The summed E-state index contributed by atoms with van der Waals surface area (Å²) in [5, 5.41) is 22.3. The number of hydrogen-bond donors (Lipinski definition) is 0. The Bertz CT molecular complexity index is 805. The molecule has 110 valence electrons. The average molecular weight is 318 g/mol. The number of hydrogen-bond acceptors (Lipinski definition) is 6. The van der Waals surface area contributed by atoms with E-state index in [0.29, 0.717) is 22.2 Å². The second-order valence-electron chi connectivity index (χ2n) is 4.25. The number of halogens is 1. The zero-order valence-electron chi connectivity index (χ0n) is 11.0. The van der Waals surface area contributed by atoms with Crippen molar-refractivity contribution in [1.29, 1.82) is 0 Å². The van der Waals surface area contributed by atoms with Crippen molar-refractivity contribution < 1.29 is 9.66 Å². The molecular weight excluding hydrogens is 310 g/mol. The maximum Gasteiger partial charge on any atom is 0.275 e. The molecule has 1 heterocycles. The molecule has 9 heteroatoms. The van der Waals surface area contributed by atoms with Gasteiger partial charge in [-0.1, -0.05) is 11.6 Å². The Kier molecular flexibility index (Phi) is 3.67. The number of nitro benzene ring substituents is 1. The largest absolute Gasteiger partial charge is 0.457 e. The van der Waals surface area contributed by atoms with Gasteiger partial charge >= 0.3 is 0 Å². The lowest BCUT2D eigenvalue weighted by molar-refractivity contribution is -0.384. The molecule has 8 nitrogen and oxygen atoms in total. The minimum atomic E-state index is -0.511. The maximum atomic E-state index is 11.0. The molecule has 3 rings (SSSR count). The van der Waals surface area contributed by atoms with E-state index in [1.165, 1.54) is 23.1 Å². The van der Waals surface area contributed by atoms with E-state index in [-0.39, 0.29) is 5.69 Å². The van der Waals surface area contributed by atoms with Crippen LogP contribution in [-0.2, 0) is 0 Å². The van der Waals surface area contributed by atoms with Gasteiger partial charge in [-0.3, -0.25) is 10.1 Å². The van der Waals surface area contributed by atoms with Gasteiger partial charge < -0.3 is 4.74 Å². The van der Waals surface area contributed by atoms with Crippen LogP contribution in [0.15, 0.2) is 48.8 Å². The van der Waals surface area contributed by atoms with Crippen molar-refractivity contribution in [3.63, 3.8) is 0 Å². The standard InChI is InChI=1S/C13H8ClN5O3/c14-9-1-3-12(4-2-9)22-13-6-10(18-8-15-16-17-18)5-11(7-13)19(20)21/h1-8H. The van der Waals surface area contributed by atoms with Crippen LogP contribution in [-0.4, -0.2) is 25.1 Å². The summed E-state index contributed by atoms with van der Waals surface area (Å²) in [6.07, 6.45) is 1.34. The Morgan fingerprint density at radius 3 is 2.55 bits per heavy atom. The lowest BCUT2D eigenvalue weighted by atomic mass is 10.2. The van der Waals surface area contributed by atoms with E-state index >= 15 is 0 Å². The molecule has 22 heavy (non-hydrogen) atoms. The van der Waals surface area contributed by atoms with Crippen molar-refractivity contribution in [3.8, 4) is 17.2 Å². The summed E-state index contributed by atoms with van der Waals surface area (Å²) in [4.78, 5) is 10.5. The van der Waals surface area contributed by atoms with Crippen molar-refractivity contribution in [2.24, 2.45) is 0 Å². The van der Waals surface area contributed by atoms with Crippen LogP contribution in [0.4, 0.5) is 5.69 Å². The lowest BCUT2D eigenvalue weighted by Crippen LogP contribution is -1.98. The van der Waals surface area contributed by atoms with Crippen LogP contribution in [0.3, 0.4) is 0 Å². The van der Waals surface area contributed by atoms with Crippen molar-refractivity contribution in [1.82, 2.24) is 20.2 Å². The summed E-state index contributed by atoms with van der Waals surface area (Å²) in [7, 11) is 0. The van der Waals surface area contributed by atoms with Crippen LogP contribution >= 0.6 is 11.6 Å². The number of aromatic nitrogens is 4. The fourth-order valence-electron chi connectivity index (χ4n) is 1.78. The molecule has 0 N–H and O–H groups in total. The SMILES string of the molecule is O=[N+]([O-])c1cc(Oc2ccc(Cl)cc2)cc(-n2cnnn2)c1. The van der Waals surface area contributed by atoms with Crippen molar-refractivity contribution in [2.75, 3.05) is 0 Å². The van der Waals surface area contributed by atoms with Gasteiger partial charge in [-0.25, -0.2) is 4.68 Å². The number of ether oxygens (including phenoxy) is 1. The highest BCUT2D eigenvalue weighted by molar-refractivity contribution is 6.30.